The number of rotatable bonds is 6. The van der Waals surface area contributed by atoms with E-state index in [1.165, 1.54) is 12.0 Å². The number of carbonyl (C=O) groups is 2. The summed E-state index contributed by atoms with van der Waals surface area (Å²) < 4.78 is 5.21. The van der Waals surface area contributed by atoms with Gasteiger partial charge in [0.2, 0.25) is 11.8 Å². The van der Waals surface area contributed by atoms with Crippen molar-refractivity contribution in [1.82, 2.24) is 9.80 Å². The van der Waals surface area contributed by atoms with Gasteiger partial charge in [-0.25, -0.2) is 0 Å². The van der Waals surface area contributed by atoms with Gasteiger partial charge in [0.25, 0.3) is 0 Å². The van der Waals surface area contributed by atoms with E-state index in [9.17, 15) is 9.59 Å². The summed E-state index contributed by atoms with van der Waals surface area (Å²) in [7, 11) is 1.69. The predicted molar refractivity (Wildman–Crippen MR) is 110 cm³/mol. The number of nitrogens with zero attached hydrogens (tertiary/aromatic N) is 2. The molecule has 0 N–H and O–H groups in total. The Balaban J connectivity index is 1.42. The molecule has 0 radical (unpaired) electrons. The molecule has 5 heteroatoms. The summed E-state index contributed by atoms with van der Waals surface area (Å²) in [5.41, 5.74) is 1.35. The Hall–Kier alpha value is -2.04. The largest absolute Gasteiger partial charge is 0.497 e. The number of aryl methyl sites for hydroxylation is 1. The third kappa shape index (κ3) is 5.27. The molecule has 0 spiro atoms. The van der Waals surface area contributed by atoms with E-state index >= 15 is 0 Å². The van der Waals surface area contributed by atoms with Crippen molar-refractivity contribution in [3.63, 3.8) is 0 Å². The van der Waals surface area contributed by atoms with Crippen LogP contribution >= 0.6 is 0 Å². The zero-order valence-corrected chi connectivity index (χ0v) is 17.4. The predicted octanol–water partition coefficient (Wildman–Crippen LogP) is 3.52. The second-order valence-electron chi connectivity index (χ2n) is 8.19. The van der Waals surface area contributed by atoms with Gasteiger partial charge in [-0.1, -0.05) is 19.1 Å². The van der Waals surface area contributed by atoms with Gasteiger partial charge in [-0.05, 0) is 62.1 Å². The molecule has 1 atom stereocenters. The lowest BCUT2D eigenvalue weighted by Crippen LogP contribution is -2.48. The van der Waals surface area contributed by atoms with Gasteiger partial charge >= 0.3 is 0 Å². The van der Waals surface area contributed by atoms with Crippen LogP contribution in [-0.4, -0.2) is 54.9 Å². The molecule has 2 heterocycles. The Labute approximate surface area is 169 Å². The summed E-state index contributed by atoms with van der Waals surface area (Å²) in [5, 5.41) is 0. The van der Waals surface area contributed by atoms with Crippen LogP contribution in [0.4, 0.5) is 0 Å². The summed E-state index contributed by atoms with van der Waals surface area (Å²) in [6, 6.07) is 8.33. The molecule has 1 aromatic carbocycles. The highest BCUT2D eigenvalue weighted by Crippen LogP contribution is 2.26. The zero-order valence-electron chi connectivity index (χ0n) is 17.4. The summed E-state index contributed by atoms with van der Waals surface area (Å²) >= 11 is 0. The lowest BCUT2D eigenvalue weighted by atomic mass is 9.89. The molecule has 2 aliphatic rings. The second kappa shape index (κ2) is 9.94. The number of carbonyl (C=O) groups excluding carboxylic acids is 2. The van der Waals surface area contributed by atoms with Gasteiger partial charge in [-0.3, -0.25) is 9.59 Å². The molecule has 28 heavy (non-hydrogen) atoms. The molecule has 1 aromatic rings. The molecule has 154 valence electrons. The summed E-state index contributed by atoms with van der Waals surface area (Å²) in [6.07, 6.45) is 6.83. The first kappa shape index (κ1) is 20.7. The molecule has 2 saturated heterocycles. The first-order valence-electron chi connectivity index (χ1n) is 10.8. The molecule has 5 nitrogen and oxygen atoms in total. The van der Waals surface area contributed by atoms with Crippen molar-refractivity contribution < 1.29 is 14.3 Å². The highest BCUT2D eigenvalue weighted by atomic mass is 16.5. The Bertz CT molecular complexity index is 650. The van der Waals surface area contributed by atoms with Crippen LogP contribution in [0.25, 0.3) is 0 Å². The van der Waals surface area contributed by atoms with Crippen molar-refractivity contribution in [3.8, 4) is 5.75 Å². The van der Waals surface area contributed by atoms with Crippen LogP contribution < -0.4 is 4.74 Å². The third-order valence-corrected chi connectivity index (χ3v) is 6.35. The van der Waals surface area contributed by atoms with Gasteiger partial charge in [0.1, 0.15) is 5.75 Å². The summed E-state index contributed by atoms with van der Waals surface area (Å²) in [4.78, 5) is 28.8. The molecule has 2 aliphatic heterocycles. The average molecular weight is 387 g/mol. The summed E-state index contributed by atoms with van der Waals surface area (Å²) in [6.45, 7) is 5.05. The SMILES string of the molecule is CCC(=O)N1CCCC(C(=O)N2CCC(CCc3ccc(OC)cc3)CC2)C1. The van der Waals surface area contributed by atoms with Crippen molar-refractivity contribution >= 4 is 11.8 Å². The molecular formula is C23H34N2O3. The van der Waals surface area contributed by atoms with E-state index < -0.39 is 0 Å². The molecule has 2 fully saturated rings. The number of piperidine rings is 2. The maximum Gasteiger partial charge on any atom is 0.227 e. The Kier molecular flexibility index (Phi) is 7.35. The van der Waals surface area contributed by atoms with Crippen molar-refractivity contribution in [2.24, 2.45) is 11.8 Å². The topological polar surface area (TPSA) is 49.9 Å². The maximum absolute atomic E-state index is 12.9. The van der Waals surface area contributed by atoms with E-state index in [0.29, 0.717) is 18.9 Å². The van der Waals surface area contributed by atoms with E-state index in [4.69, 9.17) is 4.74 Å². The van der Waals surface area contributed by atoms with E-state index in [1.807, 2.05) is 24.0 Å². The highest BCUT2D eigenvalue weighted by molar-refractivity contribution is 5.81. The van der Waals surface area contributed by atoms with Crippen molar-refractivity contribution in [2.45, 2.75) is 51.9 Å². The van der Waals surface area contributed by atoms with Crippen LogP contribution in [0.2, 0.25) is 0 Å². The molecule has 2 amide bonds. The monoisotopic (exact) mass is 386 g/mol. The first-order valence-corrected chi connectivity index (χ1v) is 10.8. The molecule has 1 unspecified atom stereocenters. The average Bonchev–Trinajstić information content (AvgIpc) is 2.77. The smallest absolute Gasteiger partial charge is 0.227 e. The van der Waals surface area contributed by atoms with Crippen molar-refractivity contribution in [2.75, 3.05) is 33.3 Å². The van der Waals surface area contributed by atoms with Crippen molar-refractivity contribution in [1.29, 1.82) is 0 Å². The lowest BCUT2D eigenvalue weighted by molar-refractivity contribution is -0.141. The van der Waals surface area contributed by atoms with Crippen LogP contribution in [0.1, 0.15) is 51.0 Å². The fourth-order valence-electron chi connectivity index (χ4n) is 4.49. The number of benzene rings is 1. The van der Waals surface area contributed by atoms with Crippen LogP contribution in [0.15, 0.2) is 24.3 Å². The minimum Gasteiger partial charge on any atom is -0.497 e. The number of hydrogen-bond acceptors (Lipinski definition) is 3. The Morgan fingerprint density at radius 2 is 1.75 bits per heavy atom. The van der Waals surface area contributed by atoms with Crippen LogP contribution in [0, 0.1) is 11.8 Å². The number of ether oxygens (including phenoxy) is 1. The molecule has 0 aromatic heterocycles. The highest BCUT2D eigenvalue weighted by Gasteiger charge is 2.32. The van der Waals surface area contributed by atoms with E-state index in [1.54, 1.807) is 7.11 Å². The summed E-state index contributed by atoms with van der Waals surface area (Å²) in [5.74, 6) is 2.03. The number of hydrogen-bond donors (Lipinski definition) is 0. The number of methoxy groups -OCH3 is 1. The van der Waals surface area contributed by atoms with Gasteiger partial charge in [0.05, 0.1) is 13.0 Å². The molecule has 0 aliphatic carbocycles. The minimum absolute atomic E-state index is 0.0000918. The molecule has 0 saturated carbocycles. The minimum atomic E-state index is 0.0000918. The van der Waals surface area contributed by atoms with E-state index in [0.717, 1.165) is 57.5 Å². The zero-order chi connectivity index (χ0) is 19.9. The number of amides is 2. The Morgan fingerprint density at radius 3 is 2.39 bits per heavy atom. The molecule has 0 bridgehead atoms. The van der Waals surface area contributed by atoms with Gasteiger partial charge in [0.15, 0.2) is 0 Å². The molecule has 3 rings (SSSR count). The molecular weight excluding hydrogens is 352 g/mol. The first-order chi connectivity index (χ1) is 13.6. The van der Waals surface area contributed by atoms with Gasteiger partial charge in [-0.15, -0.1) is 0 Å². The van der Waals surface area contributed by atoms with Crippen LogP contribution in [0.5, 0.6) is 5.75 Å². The normalized spacial score (nSPS) is 20.9. The Morgan fingerprint density at radius 1 is 1.04 bits per heavy atom. The van der Waals surface area contributed by atoms with Gasteiger partial charge in [0, 0.05) is 32.6 Å². The maximum atomic E-state index is 12.9. The fraction of sp³-hybridized carbons (Fsp3) is 0.652. The standard InChI is InChI=1S/C23H34N2O3/c1-3-22(26)25-14-4-5-20(17-25)23(27)24-15-12-19(13-16-24)7-6-18-8-10-21(28-2)11-9-18/h8-11,19-20H,3-7,12-17H2,1-2H3. The van der Waals surface area contributed by atoms with Gasteiger partial charge < -0.3 is 14.5 Å². The second-order valence-corrected chi connectivity index (χ2v) is 8.19. The van der Waals surface area contributed by atoms with E-state index in [2.05, 4.69) is 17.0 Å². The fourth-order valence-corrected chi connectivity index (χ4v) is 4.49. The third-order valence-electron chi connectivity index (χ3n) is 6.35. The lowest BCUT2D eigenvalue weighted by Gasteiger charge is -2.38. The van der Waals surface area contributed by atoms with Crippen LogP contribution in [0.3, 0.4) is 0 Å². The van der Waals surface area contributed by atoms with Crippen molar-refractivity contribution in [3.05, 3.63) is 29.8 Å². The van der Waals surface area contributed by atoms with Gasteiger partial charge in [-0.2, -0.15) is 0 Å². The quantitative estimate of drug-likeness (QED) is 0.752. The van der Waals surface area contributed by atoms with Crippen LogP contribution in [-0.2, 0) is 16.0 Å². The number of likely N-dealkylation sites (tertiary alicyclic amines) is 2. The van der Waals surface area contributed by atoms with E-state index in [-0.39, 0.29) is 17.7 Å².